The zero-order chi connectivity index (χ0) is 20.6. The van der Waals surface area contributed by atoms with E-state index in [0.29, 0.717) is 6.42 Å². The topological polar surface area (TPSA) is 123 Å². The Labute approximate surface area is 168 Å². The molecule has 4 fully saturated rings. The van der Waals surface area contributed by atoms with Crippen molar-refractivity contribution in [2.45, 2.75) is 44.9 Å². The van der Waals surface area contributed by atoms with Crippen molar-refractivity contribution in [1.82, 2.24) is 10.9 Å². The number of nitro benzene ring substituents is 1. The first kappa shape index (κ1) is 19.5. The number of nitrogens with zero attached hydrogens (tertiary/aromatic N) is 1. The summed E-state index contributed by atoms with van der Waals surface area (Å²) in [6, 6.07) is 3.23. The van der Waals surface area contributed by atoms with E-state index in [9.17, 15) is 19.7 Å². The van der Waals surface area contributed by atoms with Crippen LogP contribution in [0.5, 0.6) is 5.75 Å². The first-order chi connectivity index (χ1) is 13.9. The molecule has 0 unspecified atom stereocenters. The Balaban J connectivity index is 1.30. The van der Waals surface area contributed by atoms with Gasteiger partial charge in [-0.3, -0.25) is 20.3 Å². The summed E-state index contributed by atoms with van der Waals surface area (Å²) in [6.45, 7) is 0. The highest BCUT2D eigenvalue weighted by Gasteiger charge is 2.51. The van der Waals surface area contributed by atoms with E-state index in [1.54, 1.807) is 0 Å². The second-order valence-electron chi connectivity index (χ2n) is 8.86. The van der Waals surface area contributed by atoms with Crippen molar-refractivity contribution in [3.8, 4) is 5.75 Å². The number of methoxy groups -OCH3 is 1. The Morgan fingerprint density at radius 2 is 1.76 bits per heavy atom. The molecule has 4 saturated carbocycles. The Morgan fingerprint density at radius 1 is 1.14 bits per heavy atom. The number of rotatable bonds is 5. The maximum Gasteiger partial charge on any atom is 0.338 e. The van der Waals surface area contributed by atoms with Crippen molar-refractivity contribution >= 4 is 23.3 Å². The van der Waals surface area contributed by atoms with Crippen LogP contribution in [0.15, 0.2) is 18.2 Å². The molecule has 5 rings (SSSR count). The number of non-ortho nitro benzene ring substituents is 1. The van der Waals surface area contributed by atoms with Gasteiger partial charge in [-0.25, -0.2) is 10.2 Å². The highest BCUT2D eigenvalue weighted by atomic mass is 16.6. The van der Waals surface area contributed by atoms with E-state index in [2.05, 4.69) is 16.2 Å². The summed E-state index contributed by atoms with van der Waals surface area (Å²) in [5.41, 5.74) is 5.08. The highest BCUT2D eigenvalue weighted by Crippen LogP contribution is 2.61. The van der Waals surface area contributed by atoms with Gasteiger partial charge in [0.2, 0.25) is 5.91 Å². The standard InChI is InChI=1S/C20H26N4O5/c1-29-17-7-15(24(27)28)2-3-16(17)21-19(26)23-22-18(25)11-20-8-12-4-13(9-20)6-14(5-12)10-20/h2-3,7,12-14H,4-6,8-11H2,1H3,(H,22,25)(H2,21,23,26). The lowest BCUT2D eigenvalue weighted by Crippen LogP contribution is -2.50. The lowest BCUT2D eigenvalue weighted by Gasteiger charge is -2.56. The van der Waals surface area contributed by atoms with Crippen molar-refractivity contribution in [3.05, 3.63) is 28.3 Å². The number of carbonyl (C=O) groups is 2. The van der Waals surface area contributed by atoms with E-state index in [0.717, 1.165) is 37.0 Å². The van der Waals surface area contributed by atoms with Gasteiger partial charge in [-0.2, -0.15) is 0 Å². The zero-order valence-electron chi connectivity index (χ0n) is 16.4. The van der Waals surface area contributed by atoms with Gasteiger partial charge in [-0.05, 0) is 67.8 Å². The molecule has 3 N–H and O–H groups in total. The third kappa shape index (κ3) is 4.13. The van der Waals surface area contributed by atoms with Gasteiger partial charge in [0.05, 0.1) is 23.8 Å². The van der Waals surface area contributed by atoms with Crippen molar-refractivity contribution in [3.63, 3.8) is 0 Å². The number of amides is 3. The number of hydrogen-bond donors (Lipinski definition) is 3. The summed E-state index contributed by atoms with van der Waals surface area (Å²) in [7, 11) is 1.36. The van der Waals surface area contributed by atoms with Crippen molar-refractivity contribution in [1.29, 1.82) is 0 Å². The average molecular weight is 402 g/mol. The lowest BCUT2D eigenvalue weighted by atomic mass is 9.49. The molecule has 9 heteroatoms. The number of carbonyl (C=O) groups excluding carboxylic acids is 2. The fourth-order valence-corrected chi connectivity index (χ4v) is 6.07. The minimum absolute atomic E-state index is 0.0958. The number of urea groups is 1. The highest BCUT2D eigenvalue weighted by molar-refractivity contribution is 5.92. The van der Waals surface area contributed by atoms with Gasteiger partial charge in [0.1, 0.15) is 5.75 Å². The van der Waals surface area contributed by atoms with Gasteiger partial charge in [0, 0.05) is 12.5 Å². The predicted octanol–water partition coefficient (Wildman–Crippen LogP) is 3.36. The number of nitrogens with one attached hydrogen (secondary N) is 3. The third-order valence-electron chi connectivity index (χ3n) is 6.66. The van der Waals surface area contributed by atoms with Crippen LogP contribution < -0.4 is 20.9 Å². The van der Waals surface area contributed by atoms with Crippen molar-refractivity contribution < 1.29 is 19.2 Å². The second kappa shape index (κ2) is 7.53. The molecule has 0 saturated heterocycles. The Bertz CT molecular complexity index is 805. The van der Waals surface area contributed by atoms with E-state index >= 15 is 0 Å². The number of benzene rings is 1. The summed E-state index contributed by atoms with van der Waals surface area (Å²) in [5.74, 6) is 2.27. The summed E-state index contributed by atoms with van der Waals surface area (Å²) in [6.07, 6.45) is 7.77. The van der Waals surface area contributed by atoms with Gasteiger partial charge in [-0.1, -0.05) is 0 Å². The third-order valence-corrected chi connectivity index (χ3v) is 6.66. The minimum Gasteiger partial charge on any atom is -0.494 e. The van der Waals surface area contributed by atoms with Crippen molar-refractivity contribution in [2.75, 3.05) is 12.4 Å². The second-order valence-corrected chi connectivity index (χ2v) is 8.86. The van der Waals surface area contributed by atoms with Crippen LogP contribution >= 0.6 is 0 Å². The first-order valence-electron chi connectivity index (χ1n) is 10.0. The van der Waals surface area contributed by atoms with E-state index in [-0.39, 0.29) is 28.4 Å². The van der Waals surface area contributed by atoms with Crippen LogP contribution in [0.1, 0.15) is 44.9 Å². The van der Waals surface area contributed by atoms with E-state index in [4.69, 9.17) is 4.74 Å². The summed E-state index contributed by atoms with van der Waals surface area (Å²) < 4.78 is 5.09. The Kier molecular flexibility index (Phi) is 5.06. The van der Waals surface area contributed by atoms with Crippen LogP contribution in [0.3, 0.4) is 0 Å². The summed E-state index contributed by atoms with van der Waals surface area (Å²) >= 11 is 0. The van der Waals surface area contributed by atoms with E-state index in [1.165, 1.54) is 44.6 Å². The fraction of sp³-hybridized carbons (Fsp3) is 0.600. The zero-order valence-corrected chi connectivity index (χ0v) is 16.4. The van der Waals surface area contributed by atoms with Crippen molar-refractivity contribution in [2.24, 2.45) is 23.2 Å². The predicted molar refractivity (Wildman–Crippen MR) is 105 cm³/mol. The molecule has 0 spiro atoms. The number of hydrazine groups is 1. The fourth-order valence-electron chi connectivity index (χ4n) is 6.07. The molecule has 0 radical (unpaired) electrons. The molecule has 0 aromatic heterocycles. The van der Waals surface area contributed by atoms with E-state index < -0.39 is 11.0 Å². The van der Waals surface area contributed by atoms with Gasteiger partial charge < -0.3 is 10.1 Å². The maximum absolute atomic E-state index is 12.5. The largest absolute Gasteiger partial charge is 0.494 e. The smallest absolute Gasteiger partial charge is 0.338 e. The monoisotopic (exact) mass is 402 g/mol. The van der Waals surface area contributed by atoms with Crippen LogP contribution in [0.4, 0.5) is 16.2 Å². The molecule has 4 aliphatic rings. The molecule has 0 atom stereocenters. The van der Waals surface area contributed by atoms with Gasteiger partial charge in [0.15, 0.2) is 0 Å². The van der Waals surface area contributed by atoms with Crippen LogP contribution in [0, 0.1) is 33.3 Å². The number of anilines is 1. The molecule has 0 aliphatic heterocycles. The minimum atomic E-state index is -0.643. The number of nitro groups is 1. The quantitative estimate of drug-likeness (QED) is 0.515. The molecule has 29 heavy (non-hydrogen) atoms. The van der Waals surface area contributed by atoms with Crippen LogP contribution in [-0.4, -0.2) is 24.0 Å². The molecule has 4 bridgehead atoms. The first-order valence-corrected chi connectivity index (χ1v) is 10.0. The van der Waals surface area contributed by atoms with Gasteiger partial charge >= 0.3 is 6.03 Å². The summed E-state index contributed by atoms with van der Waals surface area (Å²) in [5, 5.41) is 13.4. The molecule has 4 aliphatic carbocycles. The number of ether oxygens (including phenoxy) is 1. The maximum atomic E-state index is 12.5. The number of hydrogen-bond acceptors (Lipinski definition) is 5. The van der Waals surface area contributed by atoms with Gasteiger partial charge in [-0.15, -0.1) is 0 Å². The van der Waals surface area contributed by atoms with Gasteiger partial charge in [0.25, 0.3) is 5.69 Å². The summed E-state index contributed by atoms with van der Waals surface area (Å²) in [4.78, 5) is 34.9. The SMILES string of the molecule is COc1cc([N+](=O)[O-])ccc1NC(=O)NNC(=O)CC12CC3CC(CC(C3)C1)C2. The molecule has 1 aromatic carbocycles. The molecule has 9 nitrogen and oxygen atoms in total. The molecule has 1 aromatic rings. The van der Waals surface area contributed by atoms with E-state index in [1.807, 2.05) is 0 Å². The molecule has 0 heterocycles. The van der Waals surface area contributed by atoms with Crippen LogP contribution in [0.2, 0.25) is 0 Å². The average Bonchev–Trinajstić information content (AvgIpc) is 2.65. The molecular weight excluding hydrogens is 376 g/mol. The Morgan fingerprint density at radius 3 is 2.31 bits per heavy atom. The molecule has 3 amide bonds. The molecule has 156 valence electrons. The lowest BCUT2D eigenvalue weighted by molar-refractivity contribution is -0.384. The Hall–Kier alpha value is -2.84. The molecular formula is C20H26N4O5. The van der Waals surface area contributed by atoms with Crippen LogP contribution in [0.25, 0.3) is 0 Å². The van der Waals surface area contributed by atoms with Crippen LogP contribution in [-0.2, 0) is 4.79 Å². The normalized spacial score (nSPS) is 29.2.